The van der Waals surface area contributed by atoms with E-state index >= 15 is 0 Å². The molecule has 2 aliphatic heterocycles. The smallest absolute Gasteiger partial charge is 0.174 e. The van der Waals surface area contributed by atoms with Crippen LogP contribution in [0.25, 0.3) is 11.0 Å². The average molecular weight is 395 g/mol. The summed E-state index contributed by atoms with van der Waals surface area (Å²) in [5.74, 6) is 1.34. The molecule has 0 radical (unpaired) electrons. The normalized spacial score (nSPS) is 18.2. The summed E-state index contributed by atoms with van der Waals surface area (Å²) in [7, 11) is 0. The van der Waals surface area contributed by atoms with Crippen molar-refractivity contribution in [3.8, 4) is 0 Å². The second kappa shape index (κ2) is 7.94. The number of nitrogens with one attached hydrogen (secondary N) is 3. The van der Waals surface area contributed by atoms with E-state index in [2.05, 4.69) is 60.0 Å². The monoisotopic (exact) mass is 395 g/mol. The number of rotatable bonds is 7. The zero-order chi connectivity index (χ0) is 19.6. The van der Waals surface area contributed by atoms with Gasteiger partial charge in [0.1, 0.15) is 17.4 Å². The maximum Gasteiger partial charge on any atom is 0.174 e. The van der Waals surface area contributed by atoms with Gasteiger partial charge < -0.3 is 20.5 Å². The lowest BCUT2D eigenvalue weighted by Crippen LogP contribution is -2.40. The maximum atomic E-state index is 10.5. The molecule has 1 saturated heterocycles. The van der Waals surface area contributed by atoms with Gasteiger partial charge in [0, 0.05) is 26.2 Å². The number of aromatic nitrogens is 4. The van der Waals surface area contributed by atoms with E-state index in [0.717, 1.165) is 30.8 Å². The Balaban J connectivity index is 1.19. The van der Waals surface area contributed by atoms with E-state index in [1.165, 1.54) is 17.5 Å². The Labute approximate surface area is 168 Å². The number of nitrogens with zero attached hydrogens (tertiary/aromatic N) is 4. The minimum atomic E-state index is -0.501. The first-order valence-corrected chi connectivity index (χ1v) is 10.0. The first-order chi connectivity index (χ1) is 14.3. The molecule has 0 bridgehead atoms. The van der Waals surface area contributed by atoms with Crippen LogP contribution in [0.4, 0.5) is 11.6 Å². The van der Waals surface area contributed by atoms with Crippen molar-refractivity contribution in [2.75, 3.05) is 43.5 Å². The molecule has 29 heavy (non-hydrogen) atoms. The highest BCUT2D eigenvalue weighted by atomic mass is 16.5. The Bertz CT molecular complexity index is 988. The van der Waals surface area contributed by atoms with Crippen molar-refractivity contribution < 1.29 is 9.84 Å². The van der Waals surface area contributed by atoms with Gasteiger partial charge in [-0.1, -0.05) is 24.3 Å². The number of aromatic amines is 1. The summed E-state index contributed by atoms with van der Waals surface area (Å²) in [6.07, 6.45) is 2.05. The highest BCUT2D eigenvalue weighted by Gasteiger charge is 2.22. The van der Waals surface area contributed by atoms with Gasteiger partial charge in [0.2, 0.25) is 0 Å². The number of ether oxygens (including phenoxy) is 1. The summed E-state index contributed by atoms with van der Waals surface area (Å²) >= 11 is 0. The number of aliphatic hydroxyl groups excluding tert-OH is 1. The number of aliphatic hydroxyl groups is 1. The number of H-pyrrole nitrogens is 1. The molecule has 9 nitrogen and oxygen atoms in total. The summed E-state index contributed by atoms with van der Waals surface area (Å²) in [4.78, 5) is 10.9. The number of anilines is 2. The summed E-state index contributed by atoms with van der Waals surface area (Å²) in [6.45, 7) is 4.22. The lowest BCUT2D eigenvalue weighted by Gasteiger charge is -2.30. The molecule has 0 aliphatic carbocycles. The first kappa shape index (κ1) is 18.3. The van der Waals surface area contributed by atoms with Crippen LogP contribution in [-0.4, -0.2) is 75.2 Å². The maximum absolute atomic E-state index is 10.5. The van der Waals surface area contributed by atoms with Crippen molar-refractivity contribution in [1.29, 1.82) is 0 Å². The van der Waals surface area contributed by atoms with E-state index in [1.54, 1.807) is 0 Å². The number of β-amino-alcohol motifs (C(OH)–C–C–N with tert-alkyl or cyclic N) is 1. The Morgan fingerprint density at radius 3 is 2.90 bits per heavy atom. The number of hydrogen-bond donors (Lipinski definition) is 4. The highest BCUT2D eigenvalue weighted by molar-refractivity contribution is 5.92. The lowest BCUT2D eigenvalue weighted by atomic mass is 10.00. The molecule has 3 aromatic rings. The van der Waals surface area contributed by atoms with Gasteiger partial charge in [-0.05, 0) is 17.5 Å². The molecule has 152 valence electrons. The molecule has 4 N–H and O–H groups in total. The highest BCUT2D eigenvalue weighted by Crippen LogP contribution is 2.24. The van der Waals surface area contributed by atoms with Crippen LogP contribution >= 0.6 is 0 Å². The van der Waals surface area contributed by atoms with Gasteiger partial charge in [0.15, 0.2) is 11.6 Å². The quantitative estimate of drug-likeness (QED) is 0.469. The van der Waals surface area contributed by atoms with Crippen molar-refractivity contribution in [2.24, 2.45) is 0 Å². The van der Waals surface area contributed by atoms with Gasteiger partial charge in [0.25, 0.3) is 0 Å². The zero-order valence-corrected chi connectivity index (χ0v) is 16.1. The van der Waals surface area contributed by atoms with Crippen LogP contribution in [0.3, 0.4) is 0 Å². The van der Waals surface area contributed by atoms with Crippen molar-refractivity contribution in [1.82, 2.24) is 25.1 Å². The van der Waals surface area contributed by atoms with Gasteiger partial charge in [-0.3, -0.25) is 10.00 Å². The molecule has 5 rings (SSSR count). The molecule has 2 aromatic heterocycles. The molecule has 0 amide bonds. The van der Waals surface area contributed by atoms with Gasteiger partial charge >= 0.3 is 0 Å². The standard InChI is InChI=1S/C20H25N7O2/c28-16(9-27-6-5-13-3-1-2-4-14(13)8-27)7-21-20-17-18(25-26-20)19(23-12-22-17)24-15-10-29-11-15/h1-4,12,15-16,28H,5-11H2,(H2,21,25,26)(H,22,23,24)/t16-/m0/s1. The van der Waals surface area contributed by atoms with Gasteiger partial charge in [-0.2, -0.15) is 5.10 Å². The van der Waals surface area contributed by atoms with Crippen LogP contribution in [0.2, 0.25) is 0 Å². The fourth-order valence-corrected chi connectivity index (χ4v) is 3.87. The van der Waals surface area contributed by atoms with E-state index in [-0.39, 0.29) is 6.04 Å². The van der Waals surface area contributed by atoms with Crippen molar-refractivity contribution in [3.63, 3.8) is 0 Å². The van der Waals surface area contributed by atoms with Gasteiger partial charge in [0.05, 0.1) is 25.4 Å². The molecule has 0 spiro atoms. The van der Waals surface area contributed by atoms with E-state index < -0.39 is 6.10 Å². The van der Waals surface area contributed by atoms with Crippen LogP contribution in [0, 0.1) is 0 Å². The molecular formula is C20H25N7O2. The summed E-state index contributed by atoms with van der Waals surface area (Å²) in [6, 6.07) is 8.79. The van der Waals surface area contributed by atoms with Gasteiger partial charge in [-0.15, -0.1) is 0 Å². The van der Waals surface area contributed by atoms with Crippen LogP contribution in [-0.2, 0) is 17.7 Å². The van der Waals surface area contributed by atoms with Crippen molar-refractivity contribution in [3.05, 3.63) is 41.7 Å². The second-order valence-electron chi connectivity index (χ2n) is 7.69. The zero-order valence-electron chi connectivity index (χ0n) is 16.1. The first-order valence-electron chi connectivity index (χ1n) is 10.0. The average Bonchev–Trinajstić information content (AvgIpc) is 3.13. The molecular weight excluding hydrogens is 370 g/mol. The fraction of sp³-hybridized carbons (Fsp3) is 0.450. The van der Waals surface area contributed by atoms with Gasteiger partial charge in [-0.25, -0.2) is 9.97 Å². The lowest BCUT2D eigenvalue weighted by molar-refractivity contribution is 0.0210. The minimum Gasteiger partial charge on any atom is -0.390 e. The number of fused-ring (bicyclic) bond motifs is 2. The Hall–Kier alpha value is -2.75. The Morgan fingerprint density at radius 2 is 2.07 bits per heavy atom. The van der Waals surface area contributed by atoms with Crippen LogP contribution in [0.1, 0.15) is 11.1 Å². The van der Waals surface area contributed by atoms with Crippen LogP contribution in [0.15, 0.2) is 30.6 Å². The van der Waals surface area contributed by atoms with Crippen molar-refractivity contribution >= 4 is 22.7 Å². The third kappa shape index (κ3) is 3.89. The largest absolute Gasteiger partial charge is 0.390 e. The van der Waals surface area contributed by atoms with Crippen LogP contribution < -0.4 is 10.6 Å². The van der Waals surface area contributed by atoms with Crippen LogP contribution in [0.5, 0.6) is 0 Å². The molecule has 1 atom stereocenters. The molecule has 9 heteroatoms. The summed E-state index contributed by atoms with van der Waals surface area (Å²) < 4.78 is 5.20. The Kier molecular flexibility index (Phi) is 5.01. The third-order valence-corrected chi connectivity index (χ3v) is 5.51. The number of hydrogen-bond acceptors (Lipinski definition) is 8. The predicted molar refractivity (Wildman–Crippen MR) is 110 cm³/mol. The molecule has 4 heterocycles. The molecule has 0 saturated carbocycles. The molecule has 1 aromatic carbocycles. The summed E-state index contributed by atoms with van der Waals surface area (Å²) in [5, 5.41) is 24.4. The third-order valence-electron chi connectivity index (χ3n) is 5.51. The van der Waals surface area contributed by atoms with E-state index in [1.807, 2.05) is 0 Å². The molecule has 1 fully saturated rings. The topological polar surface area (TPSA) is 111 Å². The summed E-state index contributed by atoms with van der Waals surface area (Å²) in [5.41, 5.74) is 4.23. The SMILES string of the molecule is O[C@@H](CNc1n[nH]c2c(NC3COC3)ncnc12)CN1CCc2ccccc2C1. The number of benzene rings is 1. The predicted octanol–water partition coefficient (Wildman–Crippen LogP) is 0.995. The Morgan fingerprint density at radius 1 is 1.21 bits per heavy atom. The minimum absolute atomic E-state index is 0.268. The van der Waals surface area contributed by atoms with E-state index in [0.29, 0.717) is 37.6 Å². The molecule has 0 unspecified atom stereocenters. The second-order valence-corrected chi connectivity index (χ2v) is 7.69. The fourth-order valence-electron chi connectivity index (χ4n) is 3.87. The molecule has 2 aliphatic rings. The van der Waals surface area contributed by atoms with E-state index in [4.69, 9.17) is 4.74 Å². The van der Waals surface area contributed by atoms with E-state index in [9.17, 15) is 5.11 Å². The van der Waals surface area contributed by atoms with Crippen molar-refractivity contribution in [2.45, 2.75) is 25.1 Å².